The first kappa shape index (κ1) is 12.6. The predicted molar refractivity (Wildman–Crippen MR) is 74.7 cm³/mol. The topological polar surface area (TPSA) is 12.5 Å². The first-order valence-corrected chi connectivity index (χ1v) is 7.30. The number of fused-ring (bicyclic) bond motifs is 2. The Kier molecular flexibility index (Phi) is 3.69. The lowest BCUT2D eigenvalue weighted by molar-refractivity contribution is 0.206. The average Bonchev–Trinajstić information content (AvgIpc) is 2.96. The molecule has 3 atom stereocenters. The Morgan fingerprint density at radius 1 is 1.28 bits per heavy atom. The summed E-state index contributed by atoms with van der Waals surface area (Å²) in [7, 11) is 0. The number of halogens is 2. The molecule has 1 aromatic carbocycles. The fraction of sp³-hybridized carbons (Fsp3) is 0.571. The number of piperidine rings is 1. The fourth-order valence-electron chi connectivity index (χ4n) is 3.10. The van der Waals surface area contributed by atoms with E-state index in [9.17, 15) is 0 Å². The summed E-state index contributed by atoms with van der Waals surface area (Å²) in [5.74, 6) is 1.75. The zero-order valence-electron chi connectivity index (χ0n) is 10.2. The molecule has 2 heterocycles. The summed E-state index contributed by atoms with van der Waals surface area (Å²) in [6.07, 6.45) is 3.85. The molecule has 0 amide bonds. The van der Waals surface area contributed by atoms with Gasteiger partial charge in [-0.3, -0.25) is 4.90 Å². The molecule has 3 unspecified atom stereocenters. The van der Waals surface area contributed by atoms with E-state index in [1.54, 1.807) is 12.1 Å². The van der Waals surface area contributed by atoms with Crippen molar-refractivity contribution in [1.82, 2.24) is 4.90 Å². The molecule has 3 rings (SSSR count). The SMILES string of the molecule is Clc1ccc(OCCC2CC3CCN2C3)cc1Cl. The Bertz CT molecular complexity index is 438. The van der Waals surface area contributed by atoms with Crippen LogP contribution in [-0.2, 0) is 0 Å². The van der Waals surface area contributed by atoms with Gasteiger partial charge in [0.1, 0.15) is 5.75 Å². The number of ether oxygens (including phenoxy) is 1. The van der Waals surface area contributed by atoms with Crippen LogP contribution in [0.4, 0.5) is 0 Å². The van der Waals surface area contributed by atoms with Crippen LogP contribution in [0, 0.1) is 5.92 Å². The molecule has 1 aromatic rings. The van der Waals surface area contributed by atoms with Crippen LogP contribution in [0.5, 0.6) is 5.75 Å². The molecule has 0 N–H and O–H groups in total. The van der Waals surface area contributed by atoms with Crippen LogP contribution in [-0.4, -0.2) is 30.6 Å². The van der Waals surface area contributed by atoms with Gasteiger partial charge in [-0.2, -0.15) is 0 Å². The quantitative estimate of drug-likeness (QED) is 0.833. The van der Waals surface area contributed by atoms with E-state index in [2.05, 4.69) is 4.90 Å². The van der Waals surface area contributed by atoms with E-state index < -0.39 is 0 Å². The highest BCUT2D eigenvalue weighted by Crippen LogP contribution is 2.34. The summed E-state index contributed by atoms with van der Waals surface area (Å²) in [6, 6.07) is 6.16. The molecule has 2 aliphatic heterocycles. The Labute approximate surface area is 118 Å². The standard InChI is InChI=1S/C14H17Cl2NO/c15-13-2-1-12(8-14(13)16)18-6-4-11-7-10-3-5-17(11)9-10/h1-2,8,10-11H,3-7,9H2. The maximum atomic E-state index is 5.95. The second-order valence-corrected chi connectivity index (χ2v) is 6.07. The normalized spacial score (nSPS) is 29.8. The Morgan fingerprint density at radius 3 is 2.83 bits per heavy atom. The molecular weight excluding hydrogens is 269 g/mol. The first-order chi connectivity index (χ1) is 8.72. The van der Waals surface area contributed by atoms with Gasteiger partial charge in [0.05, 0.1) is 16.7 Å². The average molecular weight is 286 g/mol. The minimum absolute atomic E-state index is 0.554. The van der Waals surface area contributed by atoms with Gasteiger partial charge >= 0.3 is 0 Å². The monoisotopic (exact) mass is 285 g/mol. The smallest absolute Gasteiger partial charge is 0.120 e. The minimum atomic E-state index is 0.554. The van der Waals surface area contributed by atoms with Crippen LogP contribution >= 0.6 is 23.2 Å². The molecule has 18 heavy (non-hydrogen) atoms. The van der Waals surface area contributed by atoms with Gasteiger partial charge in [-0.1, -0.05) is 23.2 Å². The van der Waals surface area contributed by atoms with Gasteiger partial charge in [-0.05, 0) is 43.9 Å². The zero-order valence-corrected chi connectivity index (χ0v) is 11.8. The lowest BCUT2D eigenvalue weighted by Gasteiger charge is -2.24. The zero-order chi connectivity index (χ0) is 12.5. The van der Waals surface area contributed by atoms with Gasteiger partial charge in [0.15, 0.2) is 0 Å². The summed E-state index contributed by atoms with van der Waals surface area (Å²) < 4.78 is 5.74. The van der Waals surface area contributed by atoms with Crippen molar-refractivity contribution in [2.45, 2.75) is 25.3 Å². The van der Waals surface area contributed by atoms with Gasteiger partial charge in [0.25, 0.3) is 0 Å². The van der Waals surface area contributed by atoms with Crippen molar-refractivity contribution in [3.63, 3.8) is 0 Å². The molecule has 0 radical (unpaired) electrons. The Morgan fingerprint density at radius 2 is 2.17 bits per heavy atom. The van der Waals surface area contributed by atoms with Gasteiger partial charge in [0, 0.05) is 18.7 Å². The minimum Gasteiger partial charge on any atom is -0.493 e. The van der Waals surface area contributed by atoms with Crippen molar-refractivity contribution in [2.24, 2.45) is 5.92 Å². The molecule has 0 spiro atoms. The lowest BCUT2D eigenvalue weighted by atomic mass is 9.99. The third-order valence-corrected chi connectivity index (χ3v) is 4.79. The summed E-state index contributed by atoms with van der Waals surface area (Å²) in [5.41, 5.74) is 0. The molecular formula is C14H17Cl2NO. The molecule has 0 saturated carbocycles. The van der Waals surface area contributed by atoms with Crippen molar-refractivity contribution < 1.29 is 4.74 Å². The van der Waals surface area contributed by atoms with E-state index in [1.165, 1.54) is 25.9 Å². The van der Waals surface area contributed by atoms with Crippen molar-refractivity contribution in [3.05, 3.63) is 28.2 Å². The maximum absolute atomic E-state index is 5.95. The largest absolute Gasteiger partial charge is 0.493 e. The summed E-state index contributed by atoms with van der Waals surface area (Å²) in [5, 5.41) is 1.13. The second kappa shape index (κ2) is 5.28. The second-order valence-electron chi connectivity index (χ2n) is 5.25. The molecule has 0 aliphatic carbocycles. The van der Waals surface area contributed by atoms with E-state index in [4.69, 9.17) is 27.9 Å². The van der Waals surface area contributed by atoms with Crippen LogP contribution in [0.15, 0.2) is 18.2 Å². The molecule has 2 bridgehead atoms. The van der Waals surface area contributed by atoms with Crippen molar-refractivity contribution in [1.29, 1.82) is 0 Å². The highest BCUT2D eigenvalue weighted by molar-refractivity contribution is 6.42. The predicted octanol–water partition coefficient (Wildman–Crippen LogP) is 3.86. The third kappa shape index (κ3) is 2.61. The van der Waals surface area contributed by atoms with E-state index in [-0.39, 0.29) is 0 Å². The van der Waals surface area contributed by atoms with E-state index in [0.717, 1.165) is 30.7 Å². The van der Waals surface area contributed by atoms with Crippen LogP contribution in [0.1, 0.15) is 19.3 Å². The van der Waals surface area contributed by atoms with Crippen molar-refractivity contribution in [2.75, 3.05) is 19.7 Å². The molecule has 98 valence electrons. The number of hydrogen-bond donors (Lipinski definition) is 0. The van der Waals surface area contributed by atoms with Crippen LogP contribution in [0.25, 0.3) is 0 Å². The number of benzene rings is 1. The Balaban J connectivity index is 1.48. The highest BCUT2D eigenvalue weighted by atomic mass is 35.5. The summed E-state index contributed by atoms with van der Waals surface area (Å²) in [4.78, 5) is 2.60. The van der Waals surface area contributed by atoms with E-state index >= 15 is 0 Å². The first-order valence-electron chi connectivity index (χ1n) is 6.54. The van der Waals surface area contributed by atoms with Crippen molar-refractivity contribution >= 4 is 23.2 Å². The highest BCUT2D eigenvalue weighted by Gasteiger charge is 2.36. The van der Waals surface area contributed by atoms with Crippen LogP contribution in [0.3, 0.4) is 0 Å². The fourth-order valence-corrected chi connectivity index (χ4v) is 3.39. The van der Waals surface area contributed by atoms with Gasteiger partial charge < -0.3 is 4.74 Å². The molecule has 2 aliphatic rings. The number of nitrogens with zero attached hydrogens (tertiary/aromatic N) is 1. The van der Waals surface area contributed by atoms with Gasteiger partial charge in [-0.25, -0.2) is 0 Å². The number of rotatable bonds is 4. The maximum Gasteiger partial charge on any atom is 0.120 e. The van der Waals surface area contributed by atoms with Gasteiger partial charge in [0.2, 0.25) is 0 Å². The molecule has 0 aromatic heterocycles. The third-order valence-electron chi connectivity index (χ3n) is 4.05. The van der Waals surface area contributed by atoms with Crippen LogP contribution in [0.2, 0.25) is 10.0 Å². The summed E-state index contributed by atoms with van der Waals surface area (Å²) >= 11 is 11.8. The van der Waals surface area contributed by atoms with Crippen molar-refractivity contribution in [3.8, 4) is 5.75 Å². The van der Waals surface area contributed by atoms with E-state index in [1.807, 2.05) is 6.07 Å². The lowest BCUT2D eigenvalue weighted by Crippen LogP contribution is -2.30. The number of hydrogen-bond acceptors (Lipinski definition) is 2. The van der Waals surface area contributed by atoms with Crippen LogP contribution < -0.4 is 4.74 Å². The molecule has 2 fully saturated rings. The molecule has 2 saturated heterocycles. The van der Waals surface area contributed by atoms with E-state index in [0.29, 0.717) is 10.0 Å². The van der Waals surface area contributed by atoms with Gasteiger partial charge in [-0.15, -0.1) is 0 Å². The Hall–Kier alpha value is -0.440. The molecule has 2 nitrogen and oxygen atoms in total. The molecule has 4 heteroatoms. The summed E-state index contributed by atoms with van der Waals surface area (Å²) in [6.45, 7) is 3.34.